The highest BCUT2D eigenvalue weighted by molar-refractivity contribution is 5.83. The zero-order valence-electron chi connectivity index (χ0n) is 6.57. The molecular weight excluding hydrogens is 148 g/mol. The molecule has 0 amide bonds. The molecule has 58 valence electrons. The lowest BCUT2D eigenvalue weighted by atomic mass is 10.2. The van der Waals surface area contributed by atoms with Crippen molar-refractivity contribution < 1.29 is 0 Å². The fraction of sp³-hybridized carbons (Fsp3) is 0. The fourth-order valence-electron chi connectivity index (χ4n) is 1.16. The standard InChI is InChI=1S/C10H8N2/c1-11-10-6-8-4-2-3-5-9(8)7-12-10/h2-7H,1H2. The summed E-state index contributed by atoms with van der Waals surface area (Å²) in [7, 11) is 0. The Bertz CT molecular complexity index is 421. The highest BCUT2D eigenvalue weighted by Crippen LogP contribution is 2.16. The van der Waals surface area contributed by atoms with Gasteiger partial charge in [0.2, 0.25) is 0 Å². The normalized spacial score (nSPS) is 10.0. The van der Waals surface area contributed by atoms with E-state index in [1.165, 1.54) is 0 Å². The first kappa shape index (κ1) is 6.98. The van der Waals surface area contributed by atoms with E-state index in [2.05, 4.69) is 16.7 Å². The zero-order chi connectivity index (χ0) is 8.39. The van der Waals surface area contributed by atoms with Crippen molar-refractivity contribution in [2.75, 3.05) is 0 Å². The lowest BCUT2D eigenvalue weighted by molar-refractivity contribution is 1.31. The van der Waals surface area contributed by atoms with Gasteiger partial charge in [-0.05, 0) is 18.2 Å². The van der Waals surface area contributed by atoms with E-state index in [-0.39, 0.29) is 0 Å². The third-order valence-corrected chi connectivity index (χ3v) is 1.78. The predicted molar refractivity (Wildman–Crippen MR) is 51.0 cm³/mol. The van der Waals surface area contributed by atoms with E-state index in [1.807, 2.05) is 30.3 Å². The fourth-order valence-corrected chi connectivity index (χ4v) is 1.16. The van der Waals surface area contributed by atoms with Crippen LogP contribution in [0.4, 0.5) is 5.82 Å². The van der Waals surface area contributed by atoms with Gasteiger partial charge in [-0.25, -0.2) is 9.98 Å². The van der Waals surface area contributed by atoms with Gasteiger partial charge in [0, 0.05) is 11.6 Å². The minimum Gasteiger partial charge on any atom is -0.245 e. The molecule has 0 bridgehead atoms. The zero-order valence-corrected chi connectivity index (χ0v) is 6.57. The van der Waals surface area contributed by atoms with Crippen LogP contribution in [0.5, 0.6) is 0 Å². The molecule has 0 aliphatic rings. The first-order valence-corrected chi connectivity index (χ1v) is 3.72. The van der Waals surface area contributed by atoms with Crippen molar-refractivity contribution in [3.63, 3.8) is 0 Å². The van der Waals surface area contributed by atoms with Crippen LogP contribution in [0, 0.1) is 0 Å². The Morgan fingerprint density at radius 1 is 1.17 bits per heavy atom. The van der Waals surface area contributed by atoms with Crippen molar-refractivity contribution in [3.8, 4) is 0 Å². The van der Waals surface area contributed by atoms with Crippen molar-refractivity contribution in [1.29, 1.82) is 0 Å². The summed E-state index contributed by atoms with van der Waals surface area (Å²) in [4.78, 5) is 7.86. The van der Waals surface area contributed by atoms with Crippen LogP contribution in [0.1, 0.15) is 0 Å². The van der Waals surface area contributed by atoms with Gasteiger partial charge in [0.05, 0.1) is 0 Å². The maximum Gasteiger partial charge on any atom is 0.151 e. The molecule has 0 saturated carbocycles. The summed E-state index contributed by atoms with van der Waals surface area (Å²) in [5, 5.41) is 2.28. The van der Waals surface area contributed by atoms with E-state index in [9.17, 15) is 0 Å². The first-order chi connectivity index (χ1) is 5.90. The van der Waals surface area contributed by atoms with Crippen molar-refractivity contribution in [1.82, 2.24) is 4.98 Å². The Labute approximate surface area is 70.6 Å². The monoisotopic (exact) mass is 156 g/mol. The van der Waals surface area contributed by atoms with E-state index >= 15 is 0 Å². The molecule has 0 spiro atoms. The molecule has 1 heterocycles. The minimum atomic E-state index is 0.675. The molecule has 0 unspecified atom stereocenters. The van der Waals surface area contributed by atoms with Gasteiger partial charge in [-0.2, -0.15) is 0 Å². The third-order valence-electron chi connectivity index (χ3n) is 1.78. The molecule has 0 fully saturated rings. The number of hydrogen-bond acceptors (Lipinski definition) is 2. The van der Waals surface area contributed by atoms with E-state index in [1.54, 1.807) is 6.20 Å². The maximum absolute atomic E-state index is 4.10. The molecule has 1 aromatic heterocycles. The van der Waals surface area contributed by atoms with Gasteiger partial charge < -0.3 is 0 Å². The first-order valence-electron chi connectivity index (χ1n) is 3.72. The quantitative estimate of drug-likeness (QED) is 0.582. The van der Waals surface area contributed by atoms with Gasteiger partial charge in [-0.3, -0.25) is 0 Å². The highest BCUT2D eigenvalue weighted by Gasteiger charge is 1.92. The summed E-state index contributed by atoms with van der Waals surface area (Å²) in [6, 6.07) is 9.96. The van der Waals surface area contributed by atoms with E-state index in [0.29, 0.717) is 5.82 Å². The van der Waals surface area contributed by atoms with Crippen molar-refractivity contribution in [2.45, 2.75) is 0 Å². The number of aliphatic imine (C=N–C) groups is 1. The van der Waals surface area contributed by atoms with Gasteiger partial charge in [-0.1, -0.05) is 24.3 Å². The van der Waals surface area contributed by atoms with Crippen LogP contribution in [-0.4, -0.2) is 11.7 Å². The van der Waals surface area contributed by atoms with E-state index in [4.69, 9.17) is 0 Å². The number of pyridine rings is 1. The molecule has 12 heavy (non-hydrogen) atoms. The Morgan fingerprint density at radius 3 is 2.67 bits per heavy atom. The number of fused-ring (bicyclic) bond motifs is 1. The molecule has 0 N–H and O–H groups in total. The summed E-state index contributed by atoms with van der Waals surface area (Å²) in [6.45, 7) is 3.43. The number of rotatable bonds is 1. The Kier molecular flexibility index (Phi) is 1.59. The SMILES string of the molecule is C=Nc1cc2ccccc2cn1. The molecule has 0 saturated heterocycles. The largest absolute Gasteiger partial charge is 0.245 e. The Morgan fingerprint density at radius 2 is 1.92 bits per heavy atom. The van der Waals surface area contributed by atoms with E-state index < -0.39 is 0 Å². The van der Waals surface area contributed by atoms with Gasteiger partial charge in [0.15, 0.2) is 5.82 Å². The third kappa shape index (κ3) is 1.07. The molecule has 1 aromatic carbocycles. The molecular formula is C10H8N2. The van der Waals surface area contributed by atoms with Crippen LogP contribution in [0.2, 0.25) is 0 Å². The van der Waals surface area contributed by atoms with Gasteiger partial charge >= 0.3 is 0 Å². The average molecular weight is 156 g/mol. The number of hydrogen-bond donors (Lipinski definition) is 0. The number of benzene rings is 1. The Balaban J connectivity index is 2.75. The number of nitrogens with zero attached hydrogens (tertiary/aromatic N) is 2. The Hall–Kier alpha value is -1.70. The van der Waals surface area contributed by atoms with Crippen LogP contribution < -0.4 is 0 Å². The average Bonchev–Trinajstić information content (AvgIpc) is 2.17. The minimum absolute atomic E-state index is 0.675. The molecule has 0 radical (unpaired) electrons. The summed E-state index contributed by atoms with van der Waals surface area (Å²) >= 11 is 0. The molecule has 0 aliphatic heterocycles. The van der Waals surface area contributed by atoms with Crippen LogP contribution in [-0.2, 0) is 0 Å². The van der Waals surface area contributed by atoms with Crippen LogP contribution in [0.3, 0.4) is 0 Å². The summed E-state index contributed by atoms with van der Waals surface area (Å²) < 4.78 is 0. The molecule has 2 nitrogen and oxygen atoms in total. The molecule has 2 heteroatoms. The predicted octanol–water partition coefficient (Wildman–Crippen LogP) is 2.57. The van der Waals surface area contributed by atoms with Crippen LogP contribution >= 0.6 is 0 Å². The lowest BCUT2D eigenvalue weighted by Crippen LogP contribution is -1.75. The maximum atomic E-state index is 4.10. The van der Waals surface area contributed by atoms with E-state index in [0.717, 1.165) is 10.8 Å². The smallest absolute Gasteiger partial charge is 0.151 e. The second-order valence-corrected chi connectivity index (χ2v) is 2.55. The second-order valence-electron chi connectivity index (χ2n) is 2.55. The van der Waals surface area contributed by atoms with Gasteiger partial charge in [-0.15, -0.1) is 0 Å². The molecule has 2 rings (SSSR count). The lowest BCUT2D eigenvalue weighted by Gasteiger charge is -1.96. The van der Waals surface area contributed by atoms with Crippen molar-refractivity contribution in [2.24, 2.45) is 4.99 Å². The van der Waals surface area contributed by atoms with Crippen molar-refractivity contribution in [3.05, 3.63) is 36.5 Å². The van der Waals surface area contributed by atoms with Gasteiger partial charge in [0.25, 0.3) is 0 Å². The molecule has 2 aromatic rings. The summed E-state index contributed by atoms with van der Waals surface area (Å²) in [6.07, 6.45) is 1.80. The number of aromatic nitrogens is 1. The summed E-state index contributed by atoms with van der Waals surface area (Å²) in [5.74, 6) is 0.675. The highest BCUT2D eigenvalue weighted by atomic mass is 14.9. The molecule has 0 atom stereocenters. The topological polar surface area (TPSA) is 25.2 Å². The molecule has 0 aliphatic carbocycles. The van der Waals surface area contributed by atoms with Crippen molar-refractivity contribution >= 4 is 23.3 Å². The summed E-state index contributed by atoms with van der Waals surface area (Å²) in [5.41, 5.74) is 0. The van der Waals surface area contributed by atoms with Crippen LogP contribution in [0.25, 0.3) is 10.8 Å². The van der Waals surface area contributed by atoms with Crippen LogP contribution in [0.15, 0.2) is 41.5 Å². The second kappa shape index (κ2) is 2.74. The van der Waals surface area contributed by atoms with Gasteiger partial charge in [0.1, 0.15) is 0 Å².